The lowest BCUT2D eigenvalue weighted by atomic mass is 10.0. The van der Waals surface area contributed by atoms with Crippen LogP contribution in [0, 0.1) is 0 Å². The minimum Gasteiger partial charge on any atom is -0.393 e. The number of amides is 1. The Morgan fingerprint density at radius 1 is 1.24 bits per heavy atom. The van der Waals surface area contributed by atoms with Gasteiger partial charge in [0, 0.05) is 24.9 Å². The Morgan fingerprint density at radius 3 is 2.76 bits per heavy atom. The van der Waals surface area contributed by atoms with E-state index >= 15 is 0 Å². The third-order valence-corrected chi connectivity index (χ3v) is 3.88. The normalized spacial score (nSPS) is 14.6. The average Bonchev–Trinajstić information content (AvgIpc) is 2.91. The predicted molar refractivity (Wildman–Crippen MR) is 81.3 cm³/mol. The van der Waals surface area contributed by atoms with Crippen LogP contribution in [-0.4, -0.2) is 29.4 Å². The van der Waals surface area contributed by atoms with E-state index in [-0.39, 0.29) is 24.5 Å². The smallest absolute Gasteiger partial charge is 0.220 e. The van der Waals surface area contributed by atoms with Crippen molar-refractivity contribution >= 4 is 11.7 Å². The molecule has 0 radical (unpaired) electrons. The lowest BCUT2D eigenvalue weighted by molar-refractivity contribution is -0.121. The van der Waals surface area contributed by atoms with Gasteiger partial charge in [-0.1, -0.05) is 12.1 Å². The molecule has 114 valence electrons. The summed E-state index contributed by atoms with van der Waals surface area (Å²) in [6.07, 6.45) is 3.88. The Kier molecular flexibility index (Phi) is 5.51. The van der Waals surface area contributed by atoms with Crippen LogP contribution in [0.25, 0.3) is 0 Å². The van der Waals surface area contributed by atoms with Crippen molar-refractivity contribution in [1.29, 1.82) is 0 Å². The Hall–Kier alpha value is -1.68. The first kappa shape index (κ1) is 15.7. The van der Waals surface area contributed by atoms with Crippen LogP contribution in [0.15, 0.2) is 18.2 Å². The Labute approximate surface area is 125 Å². The minimum atomic E-state index is -0.418. The van der Waals surface area contributed by atoms with Crippen LogP contribution in [0.3, 0.4) is 0 Å². The maximum atomic E-state index is 12.1. The molecule has 0 saturated carbocycles. The van der Waals surface area contributed by atoms with Gasteiger partial charge in [0.05, 0.1) is 6.10 Å². The third-order valence-electron chi connectivity index (χ3n) is 3.88. The molecule has 1 unspecified atom stereocenters. The van der Waals surface area contributed by atoms with Gasteiger partial charge in [-0.25, -0.2) is 0 Å². The van der Waals surface area contributed by atoms with Gasteiger partial charge in [0.25, 0.3) is 0 Å². The number of rotatable bonds is 7. The van der Waals surface area contributed by atoms with Crippen molar-refractivity contribution in [1.82, 2.24) is 5.32 Å². The quantitative estimate of drug-likeness (QED) is 0.755. The Morgan fingerprint density at radius 2 is 2.00 bits per heavy atom. The van der Waals surface area contributed by atoms with Crippen molar-refractivity contribution in [2.24, 2.45) is 0 Å². The monoisotopic (exact) mass is 289 g/mol. The SMILES string of the molecule is CC(O)CCNC(=O)CCC(=O)c1ccc2c(c1)CCC2. The topological polar surface area (TPSA) is 66.4 Å². The molecule has 0 heterocycles. The zero-order valence-corrected chi connectivity index (χ0v) is 12.5. The van der Waals surface area contributed by atoms with E-state index in [1.807, 2.05) is 18.2 Å². The molecule has 21 heavy (non-hydrogen) atoms. The van der Waals surface area contributed by atoms with Gasteiger partial charge in [-0.3, -0.25) is 9.59 Å². The molecule has 0 spiro atoms. The third kappa shape index (κ3) is 4.67. The second-order valence-corrected chi connectivity index (χ2v) is 5.75. The Balaban J connectivity index is 1.78. The molecule has 4 nitrogen and oxygen atoms in total. The fourth-order valence-electron chi connectivity index (χ4n) is 2.63. The first-order valence-electron chi connectivity index (χ1n) is 7.66. The summed E-state index contributed by atoms with van der Waals surface area (Å²) < 4.78 is 0. The number of aliphatic hydroxyl groups is 1. The molecule has 1 amide bonds. The van der Waals surface area contributed by atoms with Crippen LogP contribution >= 0.6 is 0 Å². The van der Waals surface area contributed by atoms with Crippen molar-refractivity contribution < 1.29 is 14.7 Å². The van der Waals surface area contributed by atoms with E-state index < -0.39 is 6.10 Å². The molecule has 1 atom stereocenters. The van der Waals surface area contributed by atoms with E-state index in [9.17, 15) is 9.59 Å². The number of aryl methyl sites for hydroxylation is 2. The Bertz CT molecular complexity index is 523. The molecule has 1 aromatic carbocycles. The van der Waals surface area contributed by atoms with Gasteiger partial charge in [-0.2, -0.15) is 0 Å². The first-order valence-corrected chi connectivity index (χ1v) is 7.66. The maximum Gasteiger partial charge on any atom is 0.220 e. The lowest BCUT2D eigenvalue weighted by Gasteiger charge is -2.07. The summed E-state index contributed by atoms with van der Waals surface area (Å²) in [4.78, 5) is 23.7. The van der Waals surface area contributed by atoms with Crippen molar-refractivity contribution in [3.63, 3.8) is 0 Å². The van der Waals surface area contributed by atoms with Crippen molar-refractivity contribution in [3.05, 3.63) is 34.9 Å². The highest BCUT2D eigenvalue weighted by Gasteiger charge is 2.14. The molecule has 4 heteroatoms. The molecule has 0 bridgehead atoms. The van der Waals surface area contributed by atoms with E-state index in [0.29, 0.717) is 18.5 Å². The summed E-state index contributed by atoms with van der Waals surface area (Å²) in [5.74, 6) is -0.111. The summed E-state index contributed by atoms with van der Waals surface area (Å²) in [5, 5.41) is 11.8. The molecule has 0 aliphatic heterocycles. The van der Waals surface area contributed by atoms with Crippen molar-refractivity contribution in [3.8, 4) is 0 Å². The summed E-state index contributed by atoms with van der Waals surface area (Å²) in [5.41, 5.74) is 3.34. The summed E-state index contributed by atoms with van der Waals surface area (Å²) in [6, 6.07) is 5.89. The van der Waals surface area contributed by atoms with Crippen LogP contribution in [-0.2, 0) is 17.6 Å². The number of ketones is 1. The van der Waals surface area contributed by atoms with Gasteiger partial charge in [0.2, 0.25) is 5.91 Å². The lowest BCUT2D eigenvalue weighted by Crippen LogP contribution is -2.26. The number of fused-ring (bicyclic) bond motifs is 1. The summed E-state index contributed by atoms with van der Waals surface area (Å²) in [6.45, 7) is 2.13. The number of aliphatic hydroxyl groups excluding tert-OH is 1. The van der Waals surface area contributed by atoms with Gasteiger partial charge in [0.15, 0.2) is 5.78 Å². The largest absolute Gasteiger partial charge is 0.393 e. The fourth-order valence-corrected chi connectivity index (χ4v) is 2.63. The van der Waals surface area contributed by atoms with Gasteiger partial charge in [-0.15, -0.1) is 0 Å². The van der Waals surface area contributed by atoms with Crippen molar-refractivity contribution in [2.75, 3.05) is 6.54 Å². The predicted octanol–water partition coefficient (Wildman–Crippen LogP) is 2.03. The fraction of sp³-hybridized carbons (Fsp3) is 0.529. The van der Waals surface area contributed by atoms with Crippen LogP contribution in [0.4, 0.5) is 0 Å². The van der Waals surface area contributed by atoms with E-state index in [0.717, 1.165) is 12.8 Å². The number of Topliss-reactive ketones (excluding diaryl/α,β-unsaturated/α-hetero) is 1. The number of benzene rings is 1. The molecule has 1 aliphatic carbocycles. The zero-order chi connectivity index (χ0) is 15.2. The van der Waals surface area contributed by atoms with Crippen molar-refractivity contribution in [2.45, 2.75) is 51.6 Å². The summed E-state index contributed by atoms with van der Waals surface area (Å²) >= 11 is 0. The number of nitrogens with one attached hydrogen (secondary N) is 1. The second kappa shape index (κ2) is 7.36. The zero-order valence-electron chi connectivity index (χ0n) is 12.5. The molecule has 0 fully saturated rings. The van der Waals surface area contributed by atoms with Crippen LogP contribution in [0.2, 0.25) is 0 Å². The second-order valence-electron chi connectivity index (χ2n) is 5.75. The van der Waals surface area contributed by atoms with Gasteiger partial charge in [0.1, 0.15) is 0 Å². The average molecular weight is 289 g/mol. The highest BCUT2D eigenvalue weighted by Crippen LogP contribution is 2.23. The van der Waals surface area contributed by atoms with Crippen LogP contribution in [0.5, 0.6) is 0 Å². The molecule has 1 aliphatic rings. The van der Waals surface area contributed by atoms with Crippen LogP contribution < -0.4 is 5.32 Å². The van der Waals surface area contributed by atoms with E-state index in [1.165, 1.54) is 17.5 Å². The molecule has 0 aromatic heterocycles. The molecular weight excluding hydrogens is 266 g/mol. The van der Waals surface area contributed by atoms with Gasteiger partial charge >= 0.3 is 0 Å². The molecule has 2 rings (SSSR count). The maximum absolute atomic E-state index is 12.1. The number of hydrogen-bond donors (Lipinski definition) is 2. The highest BCUT2D eigenvalue weighted by molar-refractivity contribution is 5.98. The van der Waals surface area contributed by atoms with Crippen LogP contribution in [0.1, 0.15) is 54.1 Å². The van der Waals surface area contributed by atoms with E-state index in [2.05, 4.69) is 5.32 Å². The van der Waals surface area contributed by atoms with Gasteiger partial charge < -0.3 is 10.4 Å². The molecule has 1 aromatic rings. The van der Waals surface area contributed by atoms with Gasteiger partial charge in [-0.05, 0) is 49.8 Å². The first-order chi connectivity index (χ1) is 10.1. The minimum absolute atomic E-state index is 0.0235. The highest BCUT2D eigenvalue weighted by atomic mass is 16.3. The number of carbonyl (C=O) groups is 2. The standard InChI is InChI=1S/C17H23NO3/c1-12(19)9-10-18-17(21)8-7-16(20)15-6-5-13-3-2-4-14(13)11-15/h5-6,11-12,19H,2-4,7-10H2,1H3,(H,18,21). The molecule has 2 N–H and O–H groups in total. The summed E-state index contributed by atoms with van der Waals surface area (Å²) in [7, 11) is 0. The number of hydrogen-bond acceptors (Lipinski definition) is 3. The molecular formula is C17H23NO3. The van der Waals surface area contributed by atoms with E-state index in [1.54, 1.807) is 6.92 Å². The van der Waals surface area contributed by atoms with E-state index in [4.69, 9.17) is 5.11 Å². The number of carbonyl (C=O) groups excluding carboxylic acids is 2. The molecule has 0 saturated heterocycles.